The van der Waals surface area contributed by atoms with Gasteiger partial charge in [-0.3, -0.25) is 4.79 Å². The molecule has 0 spiro atoms. The van der Waals surface area contributed by atoms with E-state index < -0.39 is 29.6 Å². The van der Waals surface area contributed by atoms with Crippen molar-refractivity contribution in [2.75, 3.05) is 11.6 Å². The van der Waals surface area contributed by atoms with E-state index in [-0.39, 0.29) is 16.4 Å². The van der Waals surface area contributed by atoms with Crippen molar-refractivity contribution in [3.05, 3.63) is 46.7 Å². The lowest BCUT2D eigenvalue weighted by molar-refractivity contribution is -0.123. The van der Waals surface area contributed by atoms with Gasteiger partial charge in [0.05, 0.1) is 11.2 Å². The Balaban J connectivity index is 2.05. The Morgan fingerprint density at radius 3 is 2.68 bits per heavy atom. The molecule has 0 aliphatic carbocycles. The maximum atomic E-state index is 13.1. The van der Waals surface area contributed by atoms with E-state index in [4.69, 9.17) is 16.3 Å². The molecule has 0 saturated heterocycles. The average Bonchev–Trinajstić information content (AvgIpc) is 2.58. The van der Waals surface area contributed by atoms with Crippen molar-refractivity contribution in [1.29, 1.82) is 0 Å². The van der Waals surface area contributed by atoms with Crippen LogP contribution in [0.25, 0.3) is 0 Å². The SMILES string of the molecule is CSc1ncc(Cl)c(C(=O)O[C@H](C)C(=O)Nc2ccc(F)c(F)c2)n1. The van der Waals surface area contributed by atoms with Gasteiger partial charge in [-0.25, -0.2) is 23.5 Å². The van der Waals surface area contributed by atoms with Gasteiger partial charge in [0.15, 0.2) is 28.6 Å². The molecule has 1 N–H and O–H groups in total. The Morgan fingerprint density at radius 2 is 2.04 bits per heavy atom. The molecule has 0 aliphatic heterocycles. The van der Waals surface area contributed by atoms with Crippen molar-refractivity contribution in [1.82, 2.24) is 9.97 Å². The summed E-state index contributed by atoms with van der Waals surface area (Å²) in [7, 11) is 0. The zero-order valence-corrected chi connectivity index (χ0v) is 14.6. The number of carbonyl (C=O) groups is 2. The molecule has 0 bridgehead atoms. The van der Waals surface area contributed by atoms with Gasteiger partial charge in [0.2, 0.25) is 0 Å². The van der Waals surface area contributed by atoms with Crippen LogP contribution in [0, 0.1) is 11.6 Å². The van der Waals surface area contributed by atoms with Gasteiger partial charge >= 0.3 is 5.97 Å². The van der Waals surface area contributed by atoms with Gasteiger partial charge in [0.1, 0.15) is 0 Å². The third kappa shape index (κ3) is 4.86. The smallest absolute Gasteiger partial charge is 0.359 e. The molecule has 10 heteroatoms. The summed E-state index contributed by atoms with van der Waals surface area (Å²) in [6, 6.07) is 2.86. The van der Waals surface area contributed by atoms with Crippen LogP contribution in [-0.4, -0.2) is 34.2 Å². The van der Waals surface area contributed by atoms with Gasteiger partial charge in [-0.1, -0.05) is 23.4 Å². The predicted molar refractivity (Wildman–Crippen MR) is 88.7 cm³/mol. The molecule has 2 aromatic rings. The fraction of sp³-hybridized carbons (Fsp3) is 0.200. The largest absolute Gasteiger partial charge is 0.448 e. The number of carbonyl (C=O) groups excluding carboxylic acids is 2. The lowest BCUT2D eigenvalue weighted by atomic mass is 10.2. The number of amides is 1. The third-order valence-electron chi connectivity index (χ3n) is 2.94. The number of hydrogen-bond donors (Lipinski definition) is 1. The van der Waals surface area contributed by atoms with Crippen LogP contribution in [0.1, 0.15) is 17.4 Å². The lowest BCUT2D eigenvalue weighted by Gasteiger charge is -2.14. The van der Waals surface area contributed by atoms with Gasteiger partial charge in [-0.15, -0.1) is 0 Å². The number of benzene rings is 1. The summed E-state index contributed by atoms with van der Waals surface area (Å²) >= 11 is 7.06. The quantitative estimate of drug-likeness (QED) is 0.481. The number of nitrogens with one attached hydrogen (secondary N) is 1. The zero-order chi connectivity index (χ0) is 18.6. The Kier molecular flexibility index (Phi) is 6.27. The summed E-state index contributed by atoms with van der Waals surface area (Å²) in [6.07, 6.45) is 1.75. The molecule has 25 heavy (non-hydrogen) atoms. The molecule has 0 unspecified atom stereocenters. The predicted octanol–water partition coefficient (Wildman–Crippen LogP) is 3.31. The summed E-state index contributed by atoms with van der Waals surface area (Å²) in [5, 5.41) is 2.61. The number of aromatic nitrogens is 2. The highest BCUT2D eigenvalue weighted by molar-refractivity contribution is 7.98. The number of rotatable bonds is 5. The summed E-state index contributed by atoms with van der Waals surface area (Å²) in [5.74, 6) is -3.79. The molecule has 0 fully saturated rings. The first kappa shape index (κ1) is 19.1. The van der Waals surface area contributed by atoms with Gasteiger partial charge in [-0.2, -0.15) is 0 Å². The first-order chi connectivity index (χ1) is 11.8. The number of halogens is 3. The molecule has 6 nitrogen and oxygen atoms in total. The molecule has 1 aromatic heterocycles. The monoisotopic (exact) mass is 387 g/mol. The van der Waals surface area contributed by atoms with E-state index >= 15 is 0 Å². The van der Waals surface area contributed by atoms with E-state index in [9.17, 15) is 18.4 Å². The van der Waals surface area contributed by atoms with Gasteiger partial charge in [0.25, 0.3) is 5.91 Å². The van der Waals surface area contributed by atoms with Gasteiger partial charge in [-0.05, 0) is 25.3 Å². The first-order valence-electron chi connectivity index (χ1n) is 6.85. The summed E-state index contributed by atoms with van der Waals surface area (Å²) in [6.45, 7) is 1.32. The minimum atomic E-state index is -1.22. The van der Waals surface area contributed by atoms with Crippen LogP contribution in [0.5, 0.6) is 0 Å². The molecule has 0 aliphatic rings. The van der Waals surface area contributed by atoms with Crippen molar-refractivity contribution in [2.24, 2.45) is 0 Å². The lowest BCUT2D eigenvalue weighted by Crippen LogP contribution is -2.30. The van der Waals surface area contributed by atoms with Crippen LogP contribution in [0.2, 0.25) is 5.02 Å². The maximum Gasteiger partial charge on any atom is 0.359 e. The highest BCUT2D eigenvalue weighted by Gasteiger charge is 2.22. The van der Waals surface area contributed by atoms with E-state index in [2.05, 4.69) is 15.3 Å². The van der Waals surface area contributed by atoms with Crippen LogP contribution in [0.4, 0.5) is 14.5 Å². The third-order valence-corrected chi connectivity index (χ3v) is 3.78. The van der Waals surface area contributed by atoms with Crippen LogP contribution < -0.4 is 5.32 Å². The molecule has 1 heterocycles. The van der Waals surface area contributed by atoms with Crippen LogP contribution in [0.3, 0.4) is 0 Å². The molecule has 1 aromatic carbocycles. The van der Waals surface area contributed by atoms with Gasteiger partial charge < -0.3 is 10.1 Å². The molecule has 0 saturated carbocycles. The van der Waals surface area contributed by atoms with E-state index in [1.54, 1.807) is 6.26 Å². The average molecular weight is 388 g/mol. The number of esters is 1. The van der Waals surface area contributed by atoms with Crippen LogP contribution in [0.15, 0.2) is 29.6 Å². The van der Waals surface area contributed by atoms with E-state index in [1.807, 2.05) is 0 Å². The zero-order valence-electron chi connectivity index (χ0n) is 13.0. The highest BCUT2D eigenvalue weighted by atomic mass is 35.5. The molecular weight excluding hydrogens is 376 g/mol. The fourth-order valence-corrected chi connectivity index (χ4v) is 2.19. The topological polar surface area (TPSA) is 81.2 Å². The van der Waals surface area contributed by atoms with Crippen molar-refractivity contribution < 1.29 is 23.1 Å². The summed E-state index contributed by atoms with van der Waals surface area (Å²) < 4.78 is 31.0. The minimum Gasteiger partial charge on any atom is -0.448 e. The second kappa shape index (κ2) is 8.21. The second-order valence-electron chi connectivity index (χ2n) is 4.72. The van der Waals surface area contributed by atoms with Crippen molar-refractivity contribution >= 4 is 40.9 Å². The van der Waals surface area contributed by atoms with E-state index in [0.717, 1.165) is 12.1 Å². The number of thioether (sulfide) groups is 1. The van der Waals surface area contributed by atoms with Crippen molar-refractivity contribution in [3.63, 3.8) is 0 Å². The molecule has 1 amide bonds. The van der Waals surface area contributed by atoms with Crippen molar-refractivity contribution in [3.8, 4) is 0 Å². The number of nitrogens with zero attached hydrogens (tertiary/aromatic N) is 2. The Bertz CT molecular complexity index is 823. The molecule has 132 valence electrons. The fourth-order valence-electron chi connectivity index (χ4n) is 1.68. The number of ether oxygens (including phenoxy) is 1. The Labute approximate surface area is 150 Å². The standard InChI is InChI=1S/C15H12ClF2N3O3S/c1-7(13(22)20-8-3-4-10(17)11(18)5-8)24-14(23)12-9(16)6-19-15(21-12)25-2/h3-7H,1-2H3,(H,20,22)/t7-/m1/s1. The number of anilines is 1. The normalized spacial score (nSPS) is 11.7. The number of hydrogen-bond acceptors (Lipinski definition) is 6. The summed E-state index contributed by atoms with van der Waals surface area (Å²) in [4.78, 5) is 31.9. The molecule has 0 radical (unpaired) electrons. The Morgan fingerprint density at radius 1 is 1.32 bits per heavy atom. The first-order valence-corrected chi connectivity index (χ1v) is 8.45. The van der Waals surface area contributed by atoms with Crippen LogP contribution in [-0.2, 0) is 9.53 Å². The van der Waals surface area contributed by atoms with Crippen LogP contribution >= 0.6 is 23.4 Å². The minimum absolute atomic E-state index is 0.0176. The summed E-state index contributed by atoms with van der Waals surface area (Å²) in [5.41, 5.74) is -0.148. The molecule has 1 atom stereocenters. The molecule has 2 rings (SSSR count). The van der Waals surface area contributed by atoms with E-state index in [0.29, 0.717) is 5.16 Å². The van der Waals surface area contributed by atoms with Crippen molar-refractivity contribution in [2.45, 2.75) is 18.2 Å². The van der Waals surface area contributed by atoms with Gasteiger partial charge in [0, 0.05) is 11.8 Å². The maximum absolute atomic E-state index is 13.1. The molecular formula is C15H12ClF2N3O3S. The second-order valence-corrected chi connectivity index (χ2v) is 5.90. The Hall–Kier alpha value is -2.26. The highest BCUT2D eigenvalue weighted by Crippen LogP contribution is 2.18. The van der Waals surface area contributed by atoms with E-state index in [1.165, 1.54) is 30.9 Å².